The van der Waals surface area contributed by atoms with E-state index < -0.39 is 23.4 Å². The van der Waals surface area contributed by atoms with E-state index in [1.165, 1.54) is 69.8 Å². The Labute approximate surface area is 225 Å². The molecule has 1 atom stereocenters. The number of rotatable bonds is 17. The van der Waals surface area contributed by atoms with Crippen LogP contribution >= 0.6 is 0 Å². The van der Waals surface area contributed by atoms with E-state index in [2.05, 4.69) is 21.9 Å². The van der Waals surface area contributed by atoms with Crippen molar-refractivity contribution in [3.63, 3.8) is 0 Å². The number of hydrogen-bond donors (Lipinski definition) is 0. The molecule has 0 saturated heterocycles. The van der Waals surface area contributed by atoms with Gasteiger partial charge in [-0.25, -0.2) is 18.7 Å². The summed E-state index contributed by atoms with van der Waals surface area (Å²) in [5, 5.41) is 0. The lowest BCUT2D eigenvalue weighted by Gasteiger charge is -2.32. The van der Waals surface area contributed by atoms with Gasteiger partial charge in [-0.05, 0) is 37.2 Å². The highest BCUT2D eigenvalue weighted by molar-refractivity contribution is 5.38. The first-order valence-corrected chi connectivity index (χ1v) is 14.6. The second-order valence-electron chi connectivity index (χ2n) is 10.9. The smallest absolute Gasteiger partial charge is 0.287 e. The number of ether oxygens (including phenoxy) is 2. The van der Waals surface area contributed by atoms with Crippen molar-refractivity contribution in [1.82, 2.24) is 15.0 Å². The van der Waals surface area contributed by atoms with Gasteiger partial charge in [0.1, 0.15) is 5.82 Å². The topological polar surface area (TPSA) is 57.1 Å². The number of aromatic nitrogens is 3. The standard InChI is InChI=1S/C30H42F3N3O2/c1-2-3-4-5-7-11-18-38-26-19-23-15-16-25(30(32,33)27(23)28(31)36-26)29-34-20-24(21-35-29)37-17-10-8-6-9-12-22-13-14-22/h19-22,25H,2-18H2,1H3. The third-order valence-electron chi connectivity index (χ3n) is 7.69. The molecule has 0 aromatic carbocycles. The molecule has 2 aliphatic rings. The molecule has 0 aliphatic heterocycles. The summed E-state index contributed by atoms with van der Waals surface area (Å²) in [7, 11) is 0. The van der Waals surface area contributed by atoms with E-state index in [1.54, 1.807) is 0 Å². The highest BCUT2D eigenvalue weighted by Crippen LogP contribution is 2.49. The highest BCUT2D eigenvalue weighted by Gasteiger charge is 2.50. The Bertz CT molecular complexity index is 999. The summed E-state index contributed by atoms with van der Waals surface area (Å²) in [4.78, 5) is 12.0. The van der Waals surface area contributed by atoms with E-state index in [1.807, 2.05) is 0 Å². The number of alkyl halides is 2. The van der Waals surface area contributed by atoms with Crippen LogP contribution in [0.3, 0.4) is 0 Å². The first-order chi connectivity index (χ1) is 18.5. The number of pyridine rings is 1. The average Bonchev–Trinajstić information content (AvgIpc) is 3.72. The minimum Gasteiger partial charge on any atom is -0.490 e. The van der Waals surface area contributed by atoms with Gasteiger partial charge in [0.05, 0.1) is 37.1 Å². The zero-order valence-corrected chi connectivity index (χ0v) is 22.7. The second kappa shape index (κ2) is 14.1. The highest BCUT2D eigenvalue weighted by atomic mass is 19.3. The molecule has 0 bridgehead atoms. The summed E-state index contributed by atoms with van der Waals surface area (Å²) < 4.78 is 57.1. The van der Waals surface area contributed by atoms with Gasteiger partial charge in [0.25, 0.3) is 5.92 Å². The van der Waals surface area contributed by atoms with Crippen molar-refractivity contribution in [1.29, 1.82) is 0 Å². The molecule has 1 fully saturated rings. The van der Waals surface area contributed by atoms with E-state index >= 15 is 8.78 Å². The summed E-state index contributed by atoms with van der Waals surface area (Å²) in [6, 6.07) is 1.46. The molecule has 1 saturated carbocycles. The first-order valence-electron chi connectivity index (χ1n) is 14.6. The fourth-order valence-electron chi connectivity index (χ4n) is 5.23. The van der Waals surface area contributed by atoms with Crippen molar-refractivity contribution < 1.29 is 22.6 Å². The Morgan fingerprint density at radius 3 is 2.24 bits per heavy atom. The molecule has 2 aromatic heterocycles. The molecule has 0 amide bonds. The van der Waals surface area contributed by atoms with Crippen LogP contribution in [0.25, 0.3) is 0 Å². The summed E-state index contributed by atoms with van der Waals surface area (Å²) in [6.45, 7) is 3.13. The van der Waals surface area contributed by atoms with E-state index in [4.69, 9.17) is 9.47 Å². The van der Waals surface area contributed by atoms with Gasteiger partial charge in [-0.1, -0.05) is 77.6 Å². The van der Waals surface area contributed by atoms with Crippen LogP contribution in [-0.2, 0) is 12.3 Å². The summed E-state index contributed by atoms with van der Waals surface area (Å²) in [5.41, 5.74) is -0.417. The zero-order chi connectivity index (χ0) is 26.8. The van der Waals surface area contributed by atoms with E-state index in [9.17, 15) is 4.39 Å². The quantitative estimate of drug-likeness (QED) is 0.151. The maximum Gasteiger partial charge on any atom is 0.287 e. The Hall–Kier alpha value is -2.38. The molecule has 2 heterocycles. The summed E-state index contributed by atoms with van der Waals surface area (Å²) in [6.07, 6.45) is 18.6. The molecule has 38 heavy (non-hydrogen) atoms. The molecule has 0 N–H and O–H groups in total. The van der Waals surface area contributed by atoms with Crippen LogP contribution in [0.15, 0.2) is 18.5 Å². The molecule has 1 unspecified atom stereocenters. The van der Waals surface area contributed by atoms with Crippen molar-refractivity contribution in [2.45, 2.75) is 115 Å². The third kappa shape index (κ3) is 8.06. The molecule has 0 spiro atoms. The number of aryl methyl sites for hydroxylation is 1. The lowest BCUT2D eigenvalue weighted by molar-refractivity contribution is -0.0501. The summed E-state index contributed by atoms with van der Waals surface area (Å²) >= 11 is 0. The zero-order valence-electron chi connectivity index (χ0n) is 22.7. The van der Waals surface area contributed by atoms with E-state index in [0.717, 1.165) is 38.0 Å². The lowest BCUT2D eigenvalue weighted by Crippen LogP contribution is -2.33. The maximum atomic E-state index is 15.5. The molecule has 5 nitrogen and oxygen atoms in total. The van der Waals surface area contributed by atoms with E-state index in [-0.39, 0.29) is 30.1 Å². The van der Waals surface area contributed by atoms with Crippen molar-refractivity contribution in [2.75, 3.05) is 13.2 Å². The Balaban J connectivity index is 1.26. The van der Waals surface area contributed by atoms with Gasteiger partial charge in [-0.2, -0.15) is 9.37 Å². The van der Waals surface area contributed by atoms with Crippen LogP contribution in [0.1, 0.15) is 120 Å². The Morgan fingerprint density at radius 2 is 1.53 bits per heavy atom. The van der Waals surface area contributed by atoms with E-state index in [0.29, 0.717) is 19.0 Å². The molecule has 210 valence electrons. The van der Waals surface area contributed by atoms with Gasteiger partial charge in [0, 0.05) is 6.07 Å². The largest absolute Gasteiger partial charge is 0.490 e. The van der Waals surface area contributed by atoms with Gasteiger partial charge < -0.3 is 9.47 Å². The Morgan fingerprint density at radius 1 is 0.868 bits per heavy atom. The number of halogens is 3. The molecular formula is C30H42F3N3O2. The minimum atomic E-state index is -3.47. The van der Waals surface area contributed by atoms with Crippen molar-refractivity contribution >= 4 is 0 Å². The van der Waals surface area contributed by atoms with Gasteiger partial charge in [0.2, 0.25) is 11.8 Å². The van der Waals surface area contributed by atoms with Crippen molar-refractivity contribution in [3.8, 4) is 11.6 Å². The number of nitrogens with zero attached hydrogens (tertiary/aromatic N) is 3. The van der Waals surface area contributed by atoms with Crippen molar-refractivity contribution in [2.24, 2.45) is 5.92 Å². The second-order valence-corrected chi connectivity index (χ2v) is 10.9. The van der Waals surface area contributed by atoms with Crippen molar-refractivity contribution in [3.05, 3.63) is 41.4 Å². The monoisotopic (exact) mass is 533 g/mol. The SMILES string of the molecule is CCCCCCCCOc1cc2c(c(F)n1)C(F)(F)C(c1ncc(OCCCCCCC3CC3)cn1)CC2. The van der Waals surface area contributed by atoms with Gasteiger partial charge in [0.15, 0.2) is 5.75 Å². The average molecular weight is 534 g/mol. The van der Waals surface area contributed by atoms with Gasteiger partial charge in [-0.3, -0.25) is 0 Å². The van der Waals surface area contributed by atoms with Crippen LogP contribution in [0, 0.1) is 11.9 Å². The number of unbranched alkanes of at least 4 members (excludes halogenated alkanes) is 8. The van der Waals surface area contributed by atoms with Crippen LogP contribution in [-0.4, -0.2) is 28.2 Å². The van der Waals surface area contributed by atoms with Crippen LogP contribution in [0.5, 0.6) is 11.6 Å². The maximum absolute atomic E-state index is 15.5. The first kappa shape index (κ1) is 28.6. The third-order valence-corrected chi connectivity index (χ3v) is 7.69. The lowest BCUT2D eigenvalue weighted by atomic mass is 9.80. The van der Waals surface area contributed by atoms with Crippen LogP contribution in [0.4, 0.5) is 13.2 Å². The van der Waals surface area contributed by atoms with Crippen LogP contribution in [0.2, 0.25) is 0 Å². The molecular weight excluding hydrogens is 491 g/mol. The fraction of sp³-hybridized carbons (Fsp3) is 0.700. The minimum absolute atomic E-state index is 0.00382. The van der Waals surface area contributed by atoms with Crippen LogP contribution < -0.4 is 9.47 Å². The molecule has 2 aromatic rings. The summed E-state index contributed by atoms with van der Waals surface area (Å²) in [5.74, 6) is -4.45. The molecule has 0 radical (unpaired) electrons. The van der Waals surface area contributed by atoms with Gasteiger partial charge in [-0.15, -0.1) is 0 Å². The molecule has 4 rings (SSSR count). The fourth-order valence-corrected chi connectivity index (χ4v) is 5.23. The number of fused-ring (bicyclic) bond motifs is 1. The van der Waals surface area contributed by atoms with Gasteiger partial charge >= 0.3 is 0 Å². The predicted octanol–water partition coefficient (Wildman–Crippen LogP) is 8.31. The number of hydrogen-bond acceptors (Lipinski definition) is 5. The molecule has 8 heteroatoms. The normalized spacial score (nSPS) is 18.3. The predicted molar refractivity (Wildman–Crippen MR) is 141 cm³/mol. The molecule has 2 aliphatic carbocycles. The Kier molecular flexibility index (Phi) is 10.6.